The number of hydrogen-bond acceptors (Lipinski definition) is 2. The Hall–Kier alpha value is -3.67. The lowest BCUT2D eigenvalue weighted by Crippen LogP contribution is -2.40. The summed E-state index contributed by atoms with van der Waals surface area (Å²) in [6.07, 6.45) is 3.80. The monoisotopic (exact) mass is 459 g/mol. The third-order valence-corrected chi connectivity index (χ3v) is 6.23. The van der Waals surface area contributed by atoms with Crippen molar-refractivity contribution in [1.82, 2.24) is 10.2 Å². The van der Waals surface area contributed by atoms with Gasteiger partial charge in [0, 0.05) is 19.5 Å². The molecule has 1 unspecified atom stereocenters. The Morgan fingerprint density at radius 1 is 0.912 bits per heavy atom. The van der Waals surface area contributed by atoms with Gasteiger partial charge in [-0.05, 0) is 54.5 Å². The number of anilines is 1. The maximum atomic E-state index is 14.1. The van der Waals surface area contributed by atoms with Gasteiger partial charge in [-0.1, -0.05) is 66.7 Å². The topological polar surface area (TPSA) is 61.4 Å². The third kappa shape index (κ3) is 6.22. The van der Waals surface area contributed by atoms with Crippen molar-refractivity contribution in [2.75, 3.05) is 18.4 Å². The fraction of sp³-hybridized carbons (Fsp3) is 0.286. The van der Waals surface area contributed by atoms with Crippen LogP contribution in [0.3, 0.4) is 0 Å². The molecule has 0 radical (unpaired) electrons. The molecule has 4 rings (SSSR count). The van der Waals surface area contributed by atoms with Gasteiger partial charge in [0.2, 0.25) is 5.91 Å². The van der Waals surface area contributed by atoms with E-state index in [4.69, 9.17) is 0 Å². The van der Waals surface area contributed by atoms with Gasteiger partial charge in [-0.3, -0.25) is 4.79 Å². The van der Waals surface area contributed by atoms with E-state index in [1.54, 1.807) is 17.0 Å². The van der Waals surface area contributed by atoms with E-state index in [9.17, 15) is 14.0 Å². The standard InChI is InChI=1S/C28H30FN3O2/c29-24-14-6-7-15-26(24)31-28(34)32(19-17-21-9-2-1-3-10-21)20-18-27(33)30-25-16-8-12-22-11-4-5-13-23(22)25/h1-7,9-11,13-15,25H,8,12,16-20H2,(H,30,33)(H,31,34). The summed E-state index contributed by atoms with van der Waals surface area (Å²) in [5.41, 5.74) is 3.68. The highest BCUT2D eigenvalue weighted by atomic mass is 19.1. The smallest absolute Gasteiger partial charge is 0.321 e. The van der Waals surface area contributed by atoms with E-state index in [0.717, 1.165) is 24.8 Å². The van der Waals surface area contributed by atoms with Crippen molar-refractivity contribution in [1.29, 1.82) is 0 Å². The Bertz CT molecular complexity index is 1120. The summed E-state index contributed by atoms with van der Waals surface area (Å²) in [4.78, 5) is 27.4. The van der Waals surface area contributed by atoms with Crippen molar-refractivity contribution >= 4 is 17.6 Å². The zero-order valence-corrected chi connectivity index (χ0v) is 19.2. The van der Waals surface area contributed by atoms with Crippen LogP contribution in [0, 0.1) is 5.82 Å². The minimum Gasteiger partial charge on any atom is -0.349 e. The predicted octanol–water partition coefficient (Wildman–Crippen LogP) is 5.49. The highest BCUT2D eigenvalue weighted by Crippen LogP contribution is 2.29. The first-order chi connectivity index (χ1) is 16.6. The number of nitrogens with zero attached hydrogens (tertiary/aromatic N) is 1. The number of rotatable bonds is 8. The summed E-state index contributed by atoms with van der Waals surface area (Å²) in [6, 6.07) is 23.7. The Morgan fingerprint density at radius 2 is 1.65 bits per heavy atom. The molecule has 3 amide bonds. The van der Waals surface area contributed by atoms with Gasteiger partial charge in [0.25, 0.3) is 0 Å². The quantitative estimate of drug-likeness (QED) is 0.468. The number of aryl methyl sites for hydroxylation is 1. The van der Waals surface area contributed by atoms with Crippen molar-refractivity contribution in [3.05, 3.63) is 101 Å². The second kappa shape index (κ2) is 11.5. The van der Waals surface area contributed by atoms with E-state index in [0.29, 0.717) is 13.0 Å². The number of halogens is 1. The summed E-state index contributed by atoms with van der Waals surface area (Å²) in [7, 11) is 0. The van der Waals surface area contributed by atoms with Gasteiger partial charge in [0.15, 0.2) is 0 Å². The van der Waals surface area contributed by atoms with Crippen LogP contribution in [0.25, 0.3) is 0 Å². The lowest BCUT2D eigenvalue weighted by atomic mass is 9.87. The number of urea groups is 1. The maximum Gasteiger partial charge on any atom is 0.321 e. The van der Waals surface area contributed by atoms with Crippen molar-refractivity contribution in [3.8, 4) is 0 Å². The van der Waals surface area contributed by atoms with Gasteiger partial charge >= 0.3 is 6.03 Å². The van der Waals surface area contributed by atoms with Crippen LogP contribution >= 0.6 is 0 Å². The second-order valence-electron chi connectivity index (χ2n) is 8.59. The molecule has 0 aliphatic heterocycles. The Morgan fingerprint density at radius 3 is 2.47 bits per heavy atom. The summed E-state index contributed by atoms with van der Waals surface area (Å²) in [5, 5.41) is 5.79. The van der Waals surface area contributed by atoms with Crippen LogP contribution in [0.5, 0.6) is 0 Å². The van der Waals surface area contributed by atoms with Crippen LogP contribution in [0.4, 0.5) is 14.9 Å². The molecule has 0 heterocycles. The highest BCUT2D eigenvalue weighted by Gasteiger charge is 2.22. The van der Waals surface area contributed by atoms with E-state index in [1.165, 1.54) is 23.3 Å². The molecule has 6 heteroatoms. The molecule has 0 saturated heterocycles. The molecule has 5 nitrogen and oxygen atoms in total. The molecule has 1 atom stereocenters. The number of hydrogen-bond donors (Lipinski definition) is 2. The molecule has 0 saturated carbocycles. The SMILES string of the molecule is O=C(CCN(CCc1ccccc1)C(=O)Nc1ccccc1F)NC1CCCc2ccccc21. The molecule has 34 heavy (non-hydrogen) atoms. The molecular formula is C28H30FN3O2. The molecule has 1 aliphatic carbocycles. The Labute approximate surface area is 200 Å². The summed E-state index contributed by atoms with van der Waals surface area (Å²) < 4.78 is 14.1. The van der Waals surface area contributed by atoms with Crippen LogP contribution in [-0.2, 0) is 17.6 Å². The Kier molecular flexibility index (Phi) is 7.91. The molecule has 0 bridgehead atoms. The Balaban J connectivity index is 1.38. The van der Waals surface area contributed by atoms with Crippen molar-refractivity contribution in [3.63, 3.8) is 0 Å². The lowest BCUT2D eigenvalue weighted by Gasteiger charge is -2.27. The number of fused-ring (bicyclic) bond motifs is 1. The van der Waals surface area contributed by atoms with E-state index in [-0.39, 0.29) is 30.6 Å². The van der Waals surface area contributed by atoms with Gasteiger partial charge in [0.05, 0.1) is 11.7 Å². The van der Waals surface area contributed by atoms with Crippen LogP contribution in [0.2, 0.25) is 0 Å². The minimum absolute atomic E-state index is 0.00228. The minimum atomic E-state index is -0.493. The number of benzene rings is 3. The molecule has 0 fully saturated rings. The van der Waals surface area contributed by atoms with Gasteiger partial charge in [-0.25, -0.2) is 9.18 Å². The molecular weight excluding hydrogens is 429 g/mol. The summed E-state index contributed by atoms with van der Waals surface area (Å²) in [5.74, 6) is -0.585. The molecule has 3 aromatic rings. The predicted molar refractivity (Wildman–Crippen MR) is 132 cm³/mol. The average Bonchev–Trinajstić information content (AvgIpc) is 2.86. The van der Waals surface area contributed by atoms with Crippen LogP contribution < -0.4 is 10.6 Å². The van der Waals surface area contributed by atoms with E-state index < -0.39 is 11.8 Å². The number of carbonyl (C=O) groups excluding carboxylic acids is 2. The largest absolute Gasteiger partial charge is 0.349 e. The fourth-order valence-corrected chi connectivity index (χ4v) is 4.39. The van der Waals surface area contributed by atoms with Gasteiger partial charge in [0.1, 0.15) is 5.82 Å². The highest BCUT2D eigenvalue weighted by molar-refractivity contribution is 5.89. The molecule has 1 aliphatic rings. The van der Waals surface area contributed by atoms with Crippen molar-refractivity contribution < 1.29 is 14.0 Å². The first-order valence-electron chi connectivity index (χ1n) is 11.8. The lowest BCUT2D eigenvalue weighted by molar-refractivity contribution is -0.122. The van der Waals surface area contributed by atoms with Crippen molar-refractivity contribution in [2.24, 2.45) is 0 Å². The van der Waals surface area contributed by atoms with Crippen LogP contribution in [0.1, 0.15) is 42.0 Å². The van der Waals surface area contributed by atoms with Gasteiger partial charge in [-0.2, -0.15) is 0 Å². The number of amides is 3. The fourth-order valence-electron chi connectivity index (χ4n) is 4.39. The van der Waals surface area contributed by atoms with Gasteiger partial charge in [-0.15, -0.1) is 0 Å². The zero-order chi connectivity index (χ0) is 23.8. The number of carbonyl (C=O) groups is 2. The first kappa shape index (κ1) is 23.5. The molecule has 176 valence electrons. The zero-order valence-electron chi connectivity index (χ0n) is 19.2. The molecule has 0 aromatic heterocycles. The normalized spacial score (nSPS) is 14.7. The third-order valence-electron chi connectivity index (χ3n) is 6.23. The van der Waals surface area contributed by atoms with Crippen molar-refractivity contribution in [2.45, 2.75) is 38.1 Å². The van der Waals surface area contributed by atoms with Crippen LogP contribution in [0.15, 0.2) is 78.9 Å². The second-order valence-corrected chi connectivity index (χ2v) is 8.59. The van der Waals surface area contributed by atoms with E-state index in [2.05, 4.69) is 22.8 Å². The number of para-hydroxylation sites is 1. The van der Waals surface area contributed by atoms with E-state index in [1.807, 2.05) is 42.5 Å². The maximum absolute atomic E-state index is 14.1. The van der Waals surface area contributed by atoms with E-state index >= 15 is 0 Å². The summed E-state index contributed by atoms with van der Waals surface area (Å²) >= 11 is 0. The number of nitrogens with one attached hydrogen (secondary N) is 2. The summed E-state index contributed by atoms with van der Waals surface area (Å²) in [6.45, 7) is 0.664. The molecule has 2 N–H and O–H groups in total. The van der Waals surface area contributed by atoms with Gasteiger partial charge < -0.3 is 15.5 Å². The first-order valence-corrected chi connectivity index (χ1v) is 11.8. The average molecular weight is 460 g/mol. The molecule has 3 aromatic carbocycles. The molecule has 0 spiro atoms. The van der Waals surface area contributed by atoms with Crippen LogP contribution in [-0.4, -0.2) is 29.9 Å².